The van der Waals surface area contributed by atoms with Crippen LogP contribution in [0.1, 0.15) is 17.3 Å². The zero-order chi connectivity index (χ0) is 13.5. The monoisotopic (exact) mass is 252 g/mol. The van der Waals surface area contributed by atoms with Crippen molar-refractivity contribution in [2.24, 2.45) is 0 Å². The molecule has 0 unspecified atom stereocenters. The molecule has 0 saturated heterocycles. The lowest BCUT2D eigenvalue weighted by Crippen LogP contribution is -2.30. The standard InChI is InChI=1S/C13H20N2O3/c1-4-18-8-7-15(2)13(16)10-5-6-12(17-3)11(14)9-10/h5-6,9H,4,7-8,14H2,1-3H3. The highest BCUT2D eigenvalue weighted by atomic mass is 16.5. The number of hydrogen-bond acceptors (Lipinski definition) is 4. The van der Waals surface area contributed by atoms with E-state index in [2.05, 4.69) is 0 Å². The number of nitrogens with zero attached hydrogens (tertiary/aromatic N) is 1. The Balaban J connectivity index is 2.68. The van der Waals surface area contributed by atoms with Crippen LogP contribution in [0.5, 0.6) is 5.75 Å². The number of benzene rings is 1. The molecule has 0 fully saturated rings. The van der Waals surface area contributed by atoms with Crippen molar-refractivity contribution in [3.8, 4) is 5.75 Å². The fraction of sp³-hybridized carbons (Fsp3) is 0.462. The quantitative estimate of drug-likeness (QED) is 0.613. The number of ether oxygens (including phenoxy) is 2. The van der Waals surface area contributed by atoms with E-state index in [0.29, 0.717) is 36.8 Å². The number of anilines is 1. The van der Waals surface area contributed by atoms with Gasteiger partial charge in [0.1, 0.15) is 5.75 Å². The maximum absolute atomic E-state index is 12.1. The Bertz CT molecular complexity index is 407. The van der Waals surface area contributed by atoms with E-state index in [4.69, 9.17) is 15.2 Å². The van der Waals surface area contributed by atoms with E-state index in [9.17, 15) is 4.79 Å². The van der Waals surface area contributed by atoms with Gasteiger partial charge in [0.2, 0.25) is 0 Å². The molecule has 1 rings (SSSR count). The Morgan fingerprint density at radius 1 is 1.44 bits per heavy atom. The average Bonchev–Trinajstić information content (AvgIpc) is 2.38. The summed E-state index contributed by atoms with van der Waals surface area (Å²) in [4.78, 5) is 13.7. The van der Waals surface area contributed by atoms with Crippen LogP contribution >= 0.6 is 0 Å². The minimum absolute atomic E-state index is 0.0796. The number of methoxy groups -OCH3 is 1. The van der Waals surface area contributed by atoms with Gasteiger partial charge in [0.15, 0.2) is 0 Å². The van der Waals surface area contributed by atoms with Crippen LogP contribution in [0.3, 0.4) is 0 Å². The highest BCUT2D eigenvalue weighted by Gasteiger charge is 2.12. The molecule has 0 radical (unpaired) electrons. The lowest BCUT2D eigenvalue weighted by molar-refractivity contribution is 0.0710. The molecule has 1 aromatic rings. The first-order valence-corrected chi connectivity index (χ1v) is 5.86. The number of carbonyl (C=O) groups is 1. The van der Waals surface area contributed by atoms with Gasteiger partial charge in [0, 0.05) is 25.8 Å². The molecule has 0 saturated carbocycles. The fourth-order valence-electron chi connectivity index (χ4n) is 1.54. The summed E-state index contributed by atoms with van der Waals surface area (Å²) in [6.45, 7) is 3.66. The zero-order valence-corrected chi connectivity index (χ0v) is 11.1. The Morgan fingerprint density at radius 2 is 2.17 bits per heavy atom. The molecule has 0 heterocycles. The Labute approximate surface area is 107 Å². The van der Waals surface area contributed by atoms with Crippen LogP contribution in [0.15, 0.2) is 18.2 Å². The first-order valence-electron chi connectivity index (χ1n) is 5.86. The maximum Gasteiger partial charge on any atom is 0.253 e. The summed E-state index contributed by atoms with van der Waals surface area (Å²) >= 11 is 0. The Morgan fingerprint density at radius 3 is 2.72 bits per heavy atom. The predicted molar refractivity (Wildman–Crippen MR) is 70.9 cm³/mol. The summed E-state index contributed by atoms with van der Waals surface area (Å²) in [6, 6.07) is 5.02. The summed E-state index contributed by atoms with van der Waals surface area (Å²) in [5.74, 6) is 0.493. The number of likely N-dealkylation sites (N-methyl/N-ethyl adjacent to an activating group) is 1. The second-order valence-electron chi connectivity index (χ2n) is 3.88. The molecule has 0 bridgehead atoms. The van der Waals surface area contributed by atoms with E-state index in [-0.39, 0.29) is 5.91 Å². The van der Waals surface area contributed by atoms with Crippen molar-refractivity contribution in [3.63, 3.8) is 0 Å². The summed E-state index contributed by atoms with van der Waals surface area (Å²) in [5, 5.41) is 0. The molecule has 100 valence electrons. The van der Waals surface area contributed by atoms with Gasteiger partial charge < -0.3 is 20.1 Å². The van der Waals surface area contributed by atoms with Crippen LogP contribution in [0.2, 0.25) is 0 Å². The van der Waals surface area contributed by atoms with Gasteiger partial charge in [-0.1, -0.05) is 0 Å². The maximum atomic E-state index is 12.1. The predicted octanol–water partition coefficient (Wildman–Crippen LogP) is 1.39. The summed E-state index contributed by atoms with van der Waals surface area (Å²) < 4.78 is 10.3. The van der Waals surface area contributed by atoms with E-state index in [1.165, 1.54) is 0 Å². The molecule has 0 aromatic heterocycles. The molecule has 5 nitrogen and oxygen atoms in total. The second kappa shape index (κ2) is 6.86. The van der Waals surface area contributed by atoms with Gasteiger partial charge in [-0.3, -0.25) is 4.79 Å². The first-order chi connectivity index (χ1) is 8.60. The highest BCUT2D eigenvalue weighted by molar-refractivity contribution is 5.95. The molecule has 0 aliphatic carbocycles. The van der Waals surface area contributed by atoms with Crippen molar-refractivity contribution in [1.82, 2.24) is 4.90 Å². The van der Waals surface area contributed by atoms with Crippen LogP contribution in [-0.4, -0.2) is 44.7 Å². The third-order valence-electron chi connectivity index (χ3n) is 2.60. The number of carbonyl (C=O) groups excluding carboxylic acids is 1. The fourth-order valence-corrected chi connectivity index (χ4v) is 1.54. The number of nitrogens with two attached hydrogens (primary N) is 1. The van der Waals surface area contributed by atoms with E-state index in [1.54, 1.807) is 37.3 Å². The Kier molecular flexibility index (Phi) is 5.45. The van der Waals surface area contributed by atoms with Gasteiger partial charge in [0.05, 0.1) is 19.4 Å². The van der Waals surface area contributed by atoms with Gasteiger partial charge >= 0.3 is 0 Å². The number of rotatable bonds is 6. The third kappa shape index (κ3) is 3.63. The third-order valence-corrected chi connectivity index (χ3v) is 2.60. The van der Waals surface area contributed by atoms with E-state index >= 15 is 0 Å². The van der Waals surface area contributed by atoms with Crippen LogP contribution in [0, 0.1) is 0 Å². The molecule has 0 spiro atoms. The minimum atomic E-state index is -0.0796. The van der Waals surface area contributed by atoms with Gasteiger partial charge in [-0.25, -0.2) is 0 Å². The van der Waals surface area contributed by atoms with Crippen molar-refractivity contribution in [1.29, 1.82) is 0 Å². The van der Waals surface area contributed by atoms with E-state index in [0.717, 1.165) is 0 Å². The topological polar surface area (TPSA) is 64.8 Å². The van der Waals surface area contributed by atoms with Gasteiger partial charge in [-0.2, -0.15) is 0 Å². The van der Waals surface area contributed by atoms with Crippen molar-refractivity contribution in [3.05, 3.63) is 23.8 Å². The van der Waals surface area contributed by atoms with Gasteiger partial charge in [0.25, 0.3) is 5.91 Å². The molecule has 5 heteroatoms. The molecule has 18 heavy (non-hydrogen) atoms. The van der Waals surface area contributed by atoms with Crippen LogP contribution in [0.25, 0.3) is 0 Å². The van der Waals surface area contributed by atoms with E-state index < -0.39 is 0 Å². The highest BCUT2D eigenvalue weighted by Crippen LogP contribution is 2.22. The summed E-state index contributed by atoms with van der Waals surface area (Å²) in [7, 11) is 3.28. The van der Waals surface area contributed by atoms with Crippen molar-refractivity contribution in [2.75, 3.05) is 39.6 Å². The van der Waals surface area contributed by atoms with Crippen LogP contribution < -0.4 is 10.5 Å². The molecular formula is C13H20N2O3. The SMILES string of the molecule is CCOCCN(C)C(=O)c1ccc(OC)c(N)c1. The normalized spacial score (nSPS) is 10.2. The van der Waals surface area contributed by atoms with Crippen LogP contribution in [0.4, 0.5) is 5.69 Å². The number of hydrogen-bond donors (Lipinski definition) is 1. The summed E-state index contributed by atoms with van der Waals surface area (Å²) in [5.41, 5.74) is 6.78. The smallest absolute Gasteiger partial charge is 0.253 e. The molecule has 0 aliphatic heterocycles. The average molecular weight is 252 g/mol. The van der Waals surface area contributed by atoms with Crippen molar-refractivity contribution < 1.29 is 14.3 Å². The molecule has 2 N–H and O–H groups in total. The van der Waals surface area contributed by atoms with Crippen molar-refractivity contribution in [2.45, 2.75) is 6.92 Å². The first kappa shape index (κ1) is 14.3. The second-order valence-corrected chi connectivity index (χ2v) is 3.88. The molecular weight excluding hydrogens is 232 g/mol. The van der Waals surface area contributed by atoms with Crippen molar-refractivity contribution >= 4 is 11.6 Å². The number of amides is 1. The lowest BCUT2D eigenvalue weighted by atomic mass is 10.1. The van der Waals surface area contributed by atoms with E-state index in [1.807, 2.05) is 6.92 Å². The van der Waals surface area contributed by atoms with Gasteiger partial charge in [-0.05, 0) is 25.1 Å². The number of nitrogen functional groups attached to an aromatic ring is 1. The summed E-state index contributed by atoms with van der Waals surface area (Å²) in [6.07, 6.45) is 0. The van der Waals surface area contributed by atoms with Crippen LogP contribution in [-0.2, 0) is 4.74 Å². The molecule has 1 amide bonds. The molecule has 1 aromatic carbocycles. The zero-order valence-electron chi connectivity index (χ0n) is 11.1. The van der Waals surface area contributed by atoms with Gasteiger partial charge in [-0.15, -0.1) is 0 Å². The lowest BCUT2D eigenvalue weighted by Gasteiger charge is -2.17. The minimum Gasteiger partial charge on any atom is -0.495 e. The molecule has 0 atom stereocenters. The Hall–Kier alpha value is -1.75. The largest absolute Gasteiger partial charge is 0.495 e. The molecule has 0 aliphatic rings.